The number of fused-ring (bicyclic) bond motifs is 1. The van der Waals surface area contributed by atoms with Gasteiger partial charge in [-0.15, -0.1) is 23.1 Å². The van der Waals surface area contributed by atoms with Crippen molar-refractivity contribution in [1.29, 1.82) is 0 Å². The third-order valence-electron chi connectivity index (χ3n) is 5.61. The van der Waals surface area contributed by atoms with Crippen LogP contribution in [0.15, 0.2) is 45.3 Å². The summed E-state index contributed by atoms with van der Waals surface area (Å²) < 4.78 is 21.2. The highest BCUT2D eigenvalue weighted by molar-refractivity contribution is 8.02. The number of amides is 2. The van der Waals surface area contributed by atoms with Gasteiger partial charge in [-0.1, -0.05) is 5.16 Å². The number of β-lactam (4-membered cyclic amide) rings is 1. The van der Waals surface area contributed by atoms with E-state index < -0.39 is 35.0 Å². The molecule has 0 aromatic carbocycles. The molecule has 0 saturated carbocycles. The van der Waals surface area contributed by atoms with Crippen LogP contribution in [0.3, 0.4) is 0 Å². The van der Waals surface area contributed by atoms with Gasteiger partial charge in [-0.2, -0.15) is 0 Å². The van der Waals surface area contributed by atoms with Crippen LogP contribution in [0.4, 0.5) is 0 Å². The van der Waals surface area contributed by atoms with Crippen molar-refractivity contribution in [2.24, 2.45) is 9.55 Å². The van der Waals surface area contributed by atoms with Gasteiger partial charge < -0.3 is 23.7 Å². The molecule has 0 aliphatic carbocycles. The Hall–Kier alpha value is -3.22. The van der Waals surface area contributed by atoms with Gasteiger partial charge >= 0.3 is 11.8 Å². The second kappa shape index (κ2) is 11.9. The molecule has 206 valence electrons. The van der Waals surface area contributed by atoms with Gasteiger partial charge in [0.15, 0.2) is 23.8 Å². The van der Waals surface area contributed by atoms with Crippen LogP contribution in [-0.4, -0.2) is 79.9 Å². The van der Waals surface area contributed by atoms with Crippen molar-refractivity contribution in [2.45, 2.75) is 24.9 Å². The van der Waals surface area contributed by atoms with Gasteiger partial charge in [0.1, 0.15) is 36.3 Å². The fraction of sp³-hybridized carbons (Fsp3) is 0.381. The third-order valence-corrected chi connectivity index (χ3v) is 9.37. The van der Waals surface area contributed by atoms with Gasteiger partial charge in [-0.25, -0.2) is 19.0 Å². The molecule has 2 aromatic rings. The molecular weight excluding hydrogens is 593 g/mol. The first-order chi connectivity index (χ1) is 18.9. The Labute approximate surface area is 237 Å². The molecule has 5 heterocycles. The van der Waals surface area contributed by atoms with Crippen LogP contribution in [-0.2, 0) is 30.6 Å². The average molecular weight is 613 g/mol. The van der Waals surface area contributed by atoms with Crippen LogP contribution in [0.25, 0.3) is 0 Å². The smallest absolute Gasteiger partial charge is 0.453 e. The Morgan fingerprint density at radius 2 is 2.18 bits per heavy atom. The van der Waals surface area contributed by atoms with E-state index in [1.54, 1.807) is 17.2 Å². The van der Waals surface area contributed by atoms with Crippen molar-refractivity contribution in [3.05, 3.63) is 50.0 Å². The van der Waals surface area contributed by atoms with Gasteiger partial charge in [0.2, 0.25) is 0 Å². The summed E-state index contributed by atoms with van der Waals surface area (Å²) in [6.07, 6.45) is 1.69. The molecule has 0 radical (unpaired) electrons. The standard InChI is InChI=1S/C21H20N6O8S4/c1-10-13(35-21(31)34-10)3-33-20(30)16-11(5-39-26-7-23-38-9-26)4-37-19-15(18(29)27(16)19)24-17(28)14(25-32-2)12-6-36-8-22-12/h6-8,15,19H,3-5,9H2,1-2H3,(H,24,28)/b25-14-/t15?,19-/m1/s1. The van der Waals surface area contributed by atoms with Crippen molar-refractivity contribution in [2.75, 3.05) is 24.5 Å². The van der Waals surface area contributed by atoms with E-state index in [4.69, 9.17) is 18.4 Å². The molecule has 5 rings (SSSR count). The number of ether oxygens (including phenoxy) is 1. The molecule has 2 aromatic heterocycles. The highest BCUT2D eigenvalue weighted by Crippen LogP contribution is 2.42. The highest BCUT2D eigenvalue weighted by atomic mass is 32.2. The number of hydrogen-bond donors (Lipinski definition) is 1. The Bertz CT molecular complexity index is 1420. The van der Waals surface area contributed by atoms with Crippen LogP contribution in [0.2, 0.25) is 0 Å². The van der Waals surface area contributed by atoms with E-state index in [2.05, 4.69) is 19.9 Å². The second-order valence-corrected chi connectivity index (χ2v) is 11.6. The first-order valence-electron chi connectivity index (χ1n) is 11.2. The summed E-state index contributed by atoms with van der Waals surface area (Å²) >= 11 is 5.54. The quantitative estimate of drug-likeness (QED) is 0.134. The normalized spacial score (nSPS) is 20.7. The van der Waals surface area contributed by atoms with Crippen LogP contribution < -0.4 is 11.1 Å². The molecule has 2 amide bonds. The zero-order valence-electron chi connectivity index (χ0n) is 20.4. The topological polar surface area (TPSA) is 169 Å². The molecule has 39 heavy (non-hydrogen) atoms. The lowest BCUT2D eigenvalue weighted by Crippen LogP contribution is -2.71. The number of carbonyl (C=O) groups is 3. The predicted molar refractivity (Wildman–Crippen MR) is 145 cm³/mol. The molecule has 3 aliphatic rings. The number of nitrogens with zero attached hydrogens (tertiary/aromatic N) is 5. The Balaban J connectivity index is 1.34. The number of nitrogens with one attached hydrogen (secondary N) is 1. The van der Waals surface area contributed by atoms with Gasteiger partial charge in [0.25, 0.3) is 11.8 Å². The first-order valence-corrected chi connectivity index (χ1v) is 15.0. The highest BCUT2D eigenvalue weighted by Gasteiger charge is 2.54. The van der Waals surface area contributed by atoms with E-state index in [9.17, 15) is 19.2 Å². The van der Waals surface area contributed by atoms with Gasteiger partial charge in [0, 0.05) is 16.9 Å². The molecule has 1 fully saturated rings. The van der Waals surface area contributed by atoms with Crippen molar-refractivity contribution in [3.63, 3.8) is 0 Å². The maximum atomic E-state index is 13.3. The summed E-state index contributed by atoms with van der Waals surface area (Å²) in [6.45, 7) is 1.16. The van der Waals surface area contributed by atoms with E-state index in [0.717, 1.165) is 0 Å². The van der Waals surface area contributed by atoms with Crippen molar-refractivity contribution < 1.29 is 32.8 Å². The minimum Gasteiger partial charge on any atom is -0.453 e. The lowest BCUT2D eigenvalue weighted by Gasteiger charge is -2.49. The second-order valence-electron chi connectivity index (χ2n) is 7.99. The zero-order chi connectivity index (χ0) is 27.5. The Morgan fingerprint density at radius 3 is 2.85 bits per heavy atom. The molecule has 0 spiro atoms. The van der Waals surface area contributed by atoms with Gasteiger partial charge in [-0.3, -0.25) is 18.8 Å². The Morgan fingerprint density at radius 1 is 1.33 bits per heavy atom. The number of thiazole rings is 1. The molecule has 1 saturated heterocycles. The number of thioether (sulfide) groups is 1. The zero-order valence-corrected chi connectivity index (χ0v) is 23.6. The largest absolute Gasteiger partial charge is 0.519 e. The number of hydrogen-bond acceptors (Lipinski definition) is 16. The molecule has 0 bridgehead atoms. The van der Waals surface area contributed by atoms with E-state index in [1.807, 2.05) is 4.31 Å². The summed E-state index contributed by atoms with van der Waals surface area (Å²) in [5.41, 5.74) is 2.57. The van der Waals surface area contributed by atoms with E-state index in [1.165, 1.54) is 65.9 Å². The summed E-state index contributed by atoms with van der Waals surface area (Å²) in [7, 11) is 1.30. The summed E-state index contributed by atoms with van der Waals surface area (Å²) in [6, 6.07) is -0.906. The SMILES string of the molecule is CO/N=C(\C(=O)NC1C(=O)N2C(C(=O)OCc3oc(=O)oc3C)=C(CSN3C=NSC3)CS[C@H]12)c1cscn1. The van der Waals surface area contributed by atoms with Crippen LogP contribution >= 0.6 is 47.0 Å². The lowest BCUT2D eigenvalue weighted by molar-refractivity contribution is -0.153. The monoisotopic (exact) mass is 612 g/mol. The number of aromatic nitrogens is 1. The molecular formula is C21H20N6O8S4. The van der Waals surface area contributed by atoms with E-state index >= 15 is 0 Å². The number of esters is 1. The van der Waals surface area contributed by atoms with Crippen molar-refractivity contribution >= 4 is 76.8 Å². The fourth-order valence-electron chi connectivity index (χ4n) is 3.76. The van der Waals surface area contributed by atoms with E-state index in [-0.39, 0.29) is 29.5 Å². The third kappa shape index (κ3) is 5.73. The minimum atomic E-state index is -0.906. The number of carbonyl (C=O) groups excluding carboxylic acids is 3. The van der Waals surface area contributed by atoms with Crippen molar-refractivity contribution in [3.8, 4) is 0 Å². The number of oxime groups is 1. The predicted octanol–water partition coefficient (Wildman–Crippen LogP) is 1.34. The summed E-state index contributed by atoms with van der Waals surface area (Å²) in [5.74, 6) is -1.02. The van der Waals surface area contributed by atoms with Crippen LogP contribution in [0, 0.1) is 6.92 Å². The molecule has 18 heteroatoms. The average Bonchev–Trinajstić information content (AvgIpc) is 3.70. The molecule has 2 atom stereocenters. The van der Waals surface area contributed by atoms with Gasteiger partial charge in [0.05, 0.1) is 11.4 Å². The number of aryl methyl sites for hydroxylation is 1. The number of rotatable bonds is 10. The summed E-state index contributed by atoms with van der Waals surface area (Å²) in [4.78, 5) is 61.1. The maximum absolute atomic E-state index is 13.3. The van der Waals surface area contributed by atoms with Crippen LogP contribution in [0.5, 0.6) is 0 Å². The van der Waals surface area contributed by atoms with Crippen molar-refractivity contribution in [1.82, 2.24) is 19.5 Å². The Kier molecular flexibility index (Phi) is 8.34. The lowest BCUT2D eigenvalue weighted by atomic mass is 10.0. The molecule has 14 nitrogen and oxygen atoms in total. The molecule has 1 N–H and O–H groups in total. The summed E-state index contributed by atoms with van der Waals surface area (Å²) in [5, 5.41) is 7.54. The fourth-order valence-corrected chi connectivity index (χ4v) is 7.38. The van der Waals surface area contributed by atoms with E-state index in [0.29, 0.717) is 28.6 Å². The minimum absolute atomic E-state index is 0.0693. The van der Waals surface area contributed by atoms with Gasteiger partial charge in [-0.05, 0) is 36.4 Å². The molecule has 3 aliphatic heterocycles. The molecule has 1 unspecified atom stereocenters. The van der Waals surface area contributed by atoms with Crippen LogP contribution in [0.1, 0.15) is 17.2 Å². The first kappa shape index (κ1) is 27.4. The maximum Gasteiger partial charge on any atom is 0.519 e.